The van der Waals surface area contributed by atoms with Crippen LogP contribution in [0.25, 0.3) is 10.9 Å². The third-order valence-electron chi connectivity index (χ3n) is 5.72. The number of esters is 1. The van der Waals surface area contributed by atoms with Crippen LogP contribution in [0.3, 0.4) is 0 Å². The normalized spacial score (nSPS) is 16.0. The molecule has 1 saturated heterocycles. The maximum atomic E-state index is 13.0. The molecule has 2 aromatic carbocycles. The molecule has 1 unspecified atom stereocenters. The van der Waals surface area contributed by atoms with E-state index >= 15 is 0 Å². The molecule has 6 nitrogen and oxygen atoms in total. The molecule has 0 spiro atoms. The van der Waals surface area contributed by atoms with E-state index < -0.39 is 17.7 Å². The highest BCUT2D eigenvalue weighted by molar-refractivity contribution is 5.99. The van der Waals surface area contributed by atoms with Gasteiger partial charge < -0.3 is 20.1 Å². The van der Waals surface area contributed by atoms with Crippen molar-refractivity contribution in [3.05, 3.63) is 65.9 Å². The van der Waals surface area contributed by atoms with E-state index in [9.17, 15) is 18.0 Å². The third-order valence-corrected chi connectivity index (χ3v) is 5.72. The van der Waals surface area contributed by atoms with Gasteiger partial charge in [-0.1, -0.05) is 18.2 Å². The quantitative estimate of drug-likeness (QED) is 0.324. The lowest BCUT2D eigenvalue weighted by molar-refractivity contribution is -0.137. The molecule has 3 aromatic rings. The number of halogens is 3. The van der Waals surface area contributed by atoms with E-state index in [1.807, 2.05) is 0 Å². The fourth-order valence-corrected chi connectivity index (χ4v) is 3.95. The molecule has 2 N–H and O–H groups in total. The van der Waals surface area contributed by atoms with Crippen LogP contribution in [0, 0.1) is 0 Å². The second kappa shape index (κ2) is 10.8. The summed E-state index contributed by atoms with van der Waals surface area (Å²) in [5.74, 6) is -0.512. The molecule has 1 aromatic heterocycles. The number of nitrogens with zero attached hydrogens (tertiary/aromatic N) is 1. The van der Waals surface area contributed by atoms with Gasteiger partial charge in [-0.05, 0) is 56.1 Å². The van der Waals surface area contributed by atoms with Crippen LogP contribution < -0.4 is 10.6 Å². The molecular formula is C25H26F3N3O3. The summed E-state index contributed by atoms with van der Waals surface area (Å²) in [6, 6.07) is 12.3. The average molecular weight is 473 g/mol. The van der Waals surface area contributed by atoms with E-state index in [4.69, 9.17) is 9.47 Å². The highest BCUT2D eigenvalue weighted by atomic mass is 19.4. The van der Waals surface area contributed by atoms with Crippen molar-refractivity contribution in [2.75, 3.05) is 31.7 Å². The van der Waals surface area contributed by atoms with Crippen molar-refractivity contribution in [3.8, 4) is 0 Å². The van der Waals surface area contributed by atoms with Crippen molar-refractivity contribution >= 4 is 28.2 Å². The monoisotopic (exact) mass is 473 g/mol. The number of benzene rings is 2. The van der Waals surface area contributed by atoms with Gasteiger partial charge in [0, 0.05) is 29.9 Å². The maximum Gasteiger partial charge on any atom is 0.416 e. The molecule has 34 heavy (non-hydrogen) atoms. The summed E-state index contributed by atoms with van der Waals surface area (Å²) >= 11 is 0. The van der Waals surface area contributed by atoms with Crippen molar-refractivity contribution < 1.29 is 27.4 Å². The molecule has 9 heteroatoms. The number of fused-ring (bicyclic) bond motifs is 1. The van der Waals surface area contributed by atoms with Crippen LogP contribution in [0.15, 0.2) is 54.7 Å². The molecule has 2 heterocycles. The van der Waals surface area contributed by atoms with Gasteiger partial charge in [0.25, 0.3) is 0 Å². The number of carbonyl (C=O) groups excluding carboxylic acids is 1. The van der Waals surface area contributed by atoms with Gasteiger partial charge in [0.05, 0.1) is 28.9 Å². The molecule has 1 fully saturated rings. The van der Waals surface area contributed by atoms with Crippen LogP contribution in [-0.4, -0.2) is 43.4 Å². The topological polar surface area (TPSA) is 72.5 Å². The number of carbonyl (C=O) groups is 1. The van der Waals surface area contributed by atoms with E-state index in [-0.39, 0.29) is 12.1 Å². The minimum atomic E-state index is -4.45. The highest BCUT2D eigenvalue weighted by Crippen LogP contribution is 2.33. The van der Waals surface area contributed by atoms with E-state index in [2.05, 4.69) is 15.6 Å². The van der Waals surface area contributed by atoms with Gasteiger partial charge in [0.15, 0.2) is 0 Å². The SMILES string of the molecule is O=C(OCCOCCC1CCCN1)c1ccccc1Nc1ccnc2cc(C(F)(F)F)ccc12. The maximum absolute atomic E-state index is 13.0. The van der Waals surface area contributed by atoms with Crippen LogP contribution in [0.1, 0.15) is 35.2 Å². The first kappa shape index (κ1) is 24.0. The van der Waals surface area contributed by atoms with Crippen LogP contribution in [0.2, 0.25) is 0 Å². The second-order valence-corrected chi connectivity index (χ2v) is 8.09. The summed E-state index contributed by atoms with van der Waals surface area (Å²) in [5, 5.41) is 7.05. The van der Waals surface area contributed by atoms with E-state index in [1.54, 1.807) is 30.3 Å². The zero-order chi connectivity index (χ0) is 24.0. The molecule has 4 rings (SSSR count). The van der Waals surface area contributed by atoms with Gasteiger partial charge >= 0.3 is 12.1 Å². The van der Waals surface area contributed by atoms with Crippen molar-refractivity contribution in [2.24, 2.45) is 0 Å². The minimum absolute atomic E-state index is 0.129. The number of aromatic nitrogens is 1. The standard InChI is InChI=1S/C25H26F3N3O3/c26-25(27,28)17-7-8-19-22(9-12-30-23(19)16-17)31-21-6-2-1-5-20(21)24(32)34-15-14-33-13-10-18-4-3-11-29-18/h1-2,5-9,12,16,18,29H,3-4,10-11,13-15H2,(H,30,31). The van der Waals surface area contributed by atoms with Gasteiger partial charge in [-0.15, -0.1) is 0 Å². The Hall–Kier alpha value is -3.17. The molecule has 1 aliphatic heterocycles. The number of ether oxygens (including phenoxy) is 2. The van der Waals surface area contributed by atoms with Crippen molar-refractivity contribution in [3.63, 3.8) is 0 Å². The largest absolute Gasteiger partial charge is 0.460 e. The predicted molar refractivity (Wildman–Crippen MR) is 123 cm³/mol. The minimum Gasteiger partial charge on any atom is -0.460 e. The number of para-hydroxylation sites is 1. The zero-order valence-electron chi connectivity index (χ0n) is 18.5. The van der Waals surface area contributed by atoms with Gasteiger partial charge in [0.2, 0.25) is 0 Å². The molecule has 0 aliphatic carbocycles. The van der Waals surface area contributed by atoms with Crippen molar-refractivity contribution in [1.29, 1.82) is 0 Å². The van der Waals surface area contributed by atoms with Crippen LogP contribution >= 0.6 is 0 Å². The first-order valence-electron chi connectivity index (χ1n) is 11.2. The smallest absolute Gasteiger partial charge is 0.416 e. The third kappa shape index (κ3) is 6.03. The summed E-state index contributed by atoms with van der Waals surface area (Å²) in [4.78, 5) is 16.7. The summed E-state index contributed by atoms with van der Waals surface area (Å²) in [7, 11) is 0. The number of anilines is 2. The molecular weight excluding hydrogens is 447 g/mol. The summed E-state index contributed by atoms with van der Waals surface area (Å²) in [5.41, 5.74) is 0.755. The molecule has 180 valence electrons. The van der Waals surface area contributed by atoms with Crippen LogP contribution in [-0.2, 0) is 15.7 Å². The number of pyridine rings is 1. The summed E-state index contributed by atoms with van der Waals surface area (Å²) in [6.45, 7) is 2.10. The first-order chi connectivity index (χ1) is 16.4. The van der Waals surface area contributed by atoms with Crippen molar-refractivity contribution in [2.45, 2.75) is 31.5 Å². The van der Waals surface area contributed by atoms with Gasteiger partial charge in [-0.25, -0.2) is 4.79 Å². The lowest BCUT2D eigenvalue weighted by Crippen LogP contribution is -2.23. The Kier molecular flexibility index (Phi) is 7.64. The number of nitrogens with one attached hydrogen (secondary N) is 2. The highest BCUT2D eigenvalue weighted by Gasteiger charge is 2.30. The van der Waals surface area contributed by atoms with E-state index in [0.717, 1.165) is 25.1 Å². The Labute approximate surface area is 195 Å². The lowest BCUT2D eigenvalue weighted by Gasteiger charge is -2.14. The molecule has 0 bridgehead atoms. The Morgan fingerprint density at radius 1 is 1.09 bits per heavy atom. The number of rotatable bonds is 9. The summed E-state index contributed by atoms with van der Waals surface area (Å²) < 4.78 is 50.1. The molecule has 0 radical (unpaired) electrons. The van der Waals surface area contributed by atoms with Crippen LogP contribution in [0.4, 0.5) is 24.5 Å². The first-order valence-corrected chi connectivity index (χ1v) is 11.2. The van der Waals surface area contributed by atoms with E-state index in [1.165, 1.54) is 25.1 Å². The molecule has 1 aliphatic rings. The molecule has 0 amide bonds. The fraction of sp³-hybridized carbons (Fsp3) is 0.360. The number of alkyl halides is 3. The fourth-order valence-electron chi connectivity index (χ4n) is 3.95. The summed E-state index contributed by atoms with van der Waals surface area (Å²) in [6.07, 6.45) is 0.264. The number of hydrogen-bond acceptors (Lipinski definition) is 6. The van der Waals surface area contributed by atoms with E-state index in [0.29, 0.717) is 41.6 Å². The van der Waals surface area contributed by atoms with Gasteiger partial charge in [0.1, 0.15) is 6.61 Å². The van der Waals surface area contributed by atoms with Crippen molar-refractivity contribution in [1.82, 2.24) is 10.3 Å². The van der Waals surface area contributed by atoms with Crippen LogP contribution in [0.5, 0.6) is 0 Å². The van der Waals surface area contributed by atoms with Gasteiger partial charge in [-0.2, -0.15) is 13.2 Å². The molecule has 1 atom stereocenters. The Bertz CT molecular complexity index is 1130. The predicted octanol–water partition coefficient (Wildman–Crippen LogP) is 5.31. The number of hydrogen-bond donors (Lipinski definition) is 2. The average Bonchev–Trinajstić information content (AvgIpc) is 3.34. The lowest BCUT2D eigenvalue weighted by atomic mass is 10.1. The zero-order valence-corrected chi connectivity index (χ0v) is 18.5. The Balaban J connectivity index is 1.38. The Morgan fingerprint density at radius 3 is 2.74 bits per heavy atom. The van der Waals surface area contributed by atoms with Gasteiger partial charge in [-0.3, -0.25) is 4.98 Å². The Morgan fingerprint density at radius 2 is 1.94 bits per heavy atom. The molecule has 0 saturated carbocycles. The second-order valence-electron chi connectivity index (χ2n) is 8.09.